The third kappa shape index (κ3) is 5.85. The number of unbranched alkanes of at least 4 members (excludes halogenated alkanes) is 1. The Hall–Kier alpha value is -0.570. The molecule has 0 aromatic heterocycles. The highest BCUT2D eigenvalue weighted by Crippen LogP contribution is 1.93. The second-order valence-corrected chi connectivity index (χ2v) is 2.71. The van der Waals surface area contributed by atoms with Crippen LogP contribution in [0.15, 0.2) is 0 Å². The molecular formula is C8H18N2O. The van der Waals surface area contributed by atoms with E-state index in [4.69, 9.17) is 10.1 Å². The van der Waals surface area contributed by atoms with Crippen molar-refractivity contribution in [2.24, 2.45) is 0 Å². The van der Waals surface area contributed by atoms with Crippen molar-refractivity contribution in [3.63, 3.8) is 0 Å². The van der Waals surface area contributed by atoms with Crippen molar-refractivity contribution in [2.45, 2.75) is 19.8 Å². The topological polar surface area (TPSA) is 36.3 Å². The maximum absolute atomic E-state index is 7.28. The van der Waals surface area contributed by atoms with E-state index in [0.717, 1.165) is 26.0 Å². The van der Waals surface area contributed by atoms with Gasteiger partial charge in [0.25, 0.3) is 0 Å². The maximum Gasteiger partial charge on any atom is 0.0923 e. The van der Waals surface area contributed by atoms with Crippen LogP contribution < -0.4 is 0 Å². The fourth-order valence-electron chi connectivity index (χ4n) is 0.763. The average molecular weight is 158 g/mol. The number of rotatable bonds is 5. The minimum absolute atomic E-state index is 0.627. The summed E-state index contributed by atoms with van der Waals surface area (Å²) < 4.78 is 4.91. The minimum atomic E-state index is 0.627. The molecule has 0 heterocycles. The van der Waals surface area contributed by atoms with Gasteiger partial charge in [0, 0.05) is 27.3 Å². The van der Waals surface area contributed by atoms with Gasteiger partial charge in [-0.1, -0.05) is 0 Å². The van der Waals surface area contributed by atoms with Gasteiger partial charge >= 0.3 is 0 Å². The number of hydrogen-bond acceptors (Lipinski definition) is 2. The van der Waals surface area contributed by atoms with Crippen molar-refractivity contribution in [3.8, 4) is 0 Å². The Morgan fingerprint density at radius 3 is 2.55 bits per heavy atom. The van der Waals surface area contributed by atoms with Crippen molar-refractivity contribution in [2.75, 3.05) is 27.3 Å². The van der Waals surface area contributed by atoms with Crippen molar-refractivity contribution in [1.82, 2.24) is 4.90 Å². The number of methoxy groups -OCH3 is 1. The molecule has 0 amide bonds. The van der Waals surface area contributed by atoms with Crippen LogP contribution in [0, 0.1) is 5.41 Å². The Labute approximate surface area is 68.9 Å². The Morgan fingerprint density at radius 1 is 1.45 bits per heavy atom. The second kappa shape index (κ2) is 6.16. The van der Waals surface area contributed by atoms with Crippen molar-refractivity contribution >= 4 is 5.84 Å². The molecule has 0 unspecified atom stereocenters. The number of amidine groups is 1. The predicted molar refractivity (Wildman–Crippen MR) is 47.1 cm³/mol. The Bertz CT molecular complexity index is 115. The van der Waals surface area contributed by atoms with Gasteiger partial charge in [-0.05, 0) is 19.8 Å². The highest BCUT2D eigenvalue weighted by molar-refractivity contribution is 5.75. The van der Waals surface area contributed by atoms with Gasteiger partial charge in [0.05, 0.1) is 5.84 Å². The molecule has 0 rings (SSSR count). The van der Waals surface area contributed by atoms with E-state index in [1.807, 2.05) is 11.9 Å². The standard InChI is InChI=1S/C8H18N2O/c1-8(9)10(2)6-4-5-7-11-3/h9H,4-7H2,1-3H3. The smallest absolute Gasteiger partial charge is 0.0923 e. The van der Waals surface area contributed by atoms with E-state index in [2.05, 4.69) is 0 Å². The van der Waals surface area contributed by atoms with E-state index in [1.54, 1.807) is 14.0 Å². The molecular weight excluding hydrogens is 140 g/mol. The summed E-state index contributed by atoms with van der Waals surface area (Å²) in [7, 11) is 3.65. The highest BCUT2D eigenvalue weighted by atomic mass is 16.5. The third-order valence-electron chi connectivity index (χ3n) is 1.66. The van der Waals surface area contributed by atoms with Crippen molar-refractivity contribution in [3.05, 3.63) is 0 Å². The second-order valence-electron chi connectivity index (χ2n) is 2.71. The lowest BCUT2D eigenvalue weighted by atomic mass is 10.3. The molecule has 0 aromatic rings. The molecule has 0 saturated carbocycles. The van der Waals surface area contributed by atoms with Crippen LogP contribution in [0.25, 0.3) is 0 Å². The first-order valence-electron chi connectivity index (χ1n) is 3.93. The first-order chi connectivity index (χ1) is 5.18. The van der Waals surface area contributed by atoms with Crippen LogP contribution in [0.3, 0.4) is 0 Å². The van der Waals surface area contributed by atoms with Crippen LogP contribution in [0.1, 0.15) is 19.8 Å². The first kappa shape index (κ1) is 10.4. The molecule has 0 fully saturated rings. The highest BCUT2D eigenvalue weighted by Gasteiger charge is 1.96. The molecule has 3 nitrogen and oxygen atoms in total. The van der Waals surface area contributed by atoms with Gasteiger partial charge in [0.2, 0.25) is 0 Å². The number of nitrogens with zero attached hydrogens (tertiary/aromatic N) is 1. The molecule has 0 aliphatic rings. The lowest BCUT2D eigenvalue weighted by Gasteiger charge is -2.16. The van der Waals surface area contributed by atoms with Crippen LogP contribution in [0.4, 0.5) is 0 Å². The first-order valence-corrected chi connectivity index (χ1v) is 3.93. The summed E-state index contributed by atoms with van der Waals surface area (Å²) in [6.45, 7) is 3.58. The fourth-order valence-corrected chi connectivity index (χ4v) is 0.763. The Kier molecular flexibility index (Phi) is 5.84. The monoisotopic (exact) mass is 158 g/mol. The Balaban J connectivity index is 3.17. The summed E-state index contributed by atoms with van der Waals surface area (Å²) >= 11 is 0. The van der Waals surface area contributed by atoms with Crippen molar-refractivity contribution in [1.29, 1.82) is 5.41 Å². The zero-order chi connectivity index (χ0) is 8.69. The van der Waals surface area contributed by atoms with E-state index in [1.165, 1.54) is 0 Å². The van der Waals surface area contributed by atoms with Gasteiger partial charge < -0.3 is 9.64 Å². The Morgan fingerprint density at radius 2 is 2.09 bits per heavy atom. The van der Waals surface area contributed by atoms with Gasteiger partial charge in [-0.15, -0.1) is 0 Å². The normalized spacial score (nSPS) is 9.73. The molecule has 3 heteroatoms. The molecule has 66 valence electrons. The molecule has 0 aliphatic heterocycles. The van der Waals surface area contributed by atoms with E-state index in [9.17, 15) is 0 Å². The van der Waals surface area contributed by atoms with Crippen LogP contribution in [0.5, 0.6) is 0 Å². The lowest BCUT2D eigenvalue weighted by molar-refractivity contribution is 0.190. The van der Waals surface area contributed by atoms with Crippen LogP contribution in [-0.4, -0.2) is 38.0 Å². The maximum atomic E-state index is 7.28. The zero-order valence-electron chi connectivity index (χ0n) is 7.68. The molecule has 0 aliphatic carbocycles. The predicted octanol–water partition coefficient (Wildman–Crippen LogP) is 1.34. The molecule has 0 bridgehead atoms. The summed E-state index contributed by atoms with van der Waals surface area (Å²) in [5.74, 6) is 0.627. The van der Waals surface area contributed by atoms with Gasteiger partial charge in [-0.25, -0.2) is 0 Å². The SMILES string of the molecule is COCCCCN(C)C(C)=N. The lowest BCUT2D eigenvalue weighted by Crippen LogP contribution is -2.24. The van der Waals surface area contributed by atoms with Gasteiger partial charge in [0.1, 0.15) is 0 Å². The van der Waals surface area contributed by atoms with E-state index in [0.29, 0.717) is 5.84 Å². The summed E-state index contributed by atoms with van der Waals surface area (Å²) in [6.07, 6.45) is 2.18. The number of hydrogen-bond donors (Lipinski definition) is 1. The van der Waals surface area contributed by atoms with Gasteiger partial charge in [-0.2, -0.15) is 0 Å². The summed E-state index contributed by atoms with van der Waals surface area (Å²) in [5.41, 5.74) is 0. The summed E-state index contributed by atoms with van der Waals surface area (Å²) in [4.78, 5) is 1.94. The number of nitrogens with one attached hydrogen (secondary N) is 1. The average Bonchev–Trinajstić information content (AvgIpc) is 1.97. The quantitative estimate of drug-likeness (QED) is 0.372. The zero-order valence-corrected chi connectivity index (χ0v) is 7.68. The molecule has 1 N–H and O–H groups in total. The van der Waals surface area contributed by atoms with Gasteiger partial charge in [0.15, 0.2) is 0 Å². The van der Waals surface area contributed by atoms with Gasteiger partial charge in [-0.3, -0.25) is 5.41 Å². The van der Waals surface area contributed by atoms with Crippen LogP contribution in [0.2, 0.25) is 0 Å². The molecule has 0 atom stereocenters. The third-order valence-corrected chi connectivity index (χ3v) is 1.66. The molecule has 11 heavy (non-hydrogen) atoms. The fraction of sp³-hybridized carbons (Fsp3) is 0.875. The summed E-state index contributed by atoms with van der Waals surface area (Å²) in [6, 6.07) is 0. The van der Waals surface area contributed by atoms with Crippen molar-refractivity contribution < 1.29 is 4.74 Å². The van der Waals surface area contributed by atoms with E-state index in [-0.39, 0.29) is 0 Å². The largest absolute Gasteiger partial charge is 0.385 e. The van der Waals surface area contributed by atoms with Crippen LogP contribution >= 0.6 is 0 Å². The van der Waals surface area contributed by atoms with E-state index >= 15 is 0 Å². The summed E-state index contributed by atoms with van der Waals surface area (Å²) in [5, 5.41) is 7.28. The van der Waals surface area contributed by atoms with E-state index < -0.39 is 0 Å². The minimum Gasteiger partial charge on any atom is -0.385 e. The number of ether oxygens (including phenoxy) is 1. The van der Waals surface area contributed by atoms with Crippen LogP contribution in [-0.2, 0) is 4.74 Å². The molecule has 0 radical (unpaired) electrons. The molecule has 0 aromatic carbocycles. The molecule has 0 saturated heterocycles. The molecule has 0 spiro atoms.